The molecule has 0 radical (unpaired) electrons. The van der Waals surface area contributed by atoms with Crippen LogP contribution in [0.3, 0.4) is 0 Å². The fourth-order valence-electron chi connectivity index (χ4n) is 2.27. The van der Waals surface area contributed by atoms with Gasteiger partial charge in [0.2, 0.25) is 5.91 Å². The first kappa shape index (κ1) is 13.3. The second kappa shape index (κ2) is 5.76. The summed E-state index contributed by atoms with van der Waals surface area (Å²) in [7, 11) is 1.63. The molecule has 2 aromatic rings. The number of hydrogen-bond donors (Lipinski definition) is 1. The lowest BCUT2D eigenvalue weighted by molar-refractivity contribution is -0.118. The van der Waals surface area contributed by atoms with E-state index < -0.39 is 0 Å². The molecule has 3 rings (SSSR count). The first-order valence-corrected chi connectivity index (χ1v) is 7.42. The number of ether oxygens (including phenoxy) is 2. The van der Waals surface area contributed by atoms with Gasteiger partial charge in [-0.15, -0.1) is 0 Å². The van der Waals surface area contributed by atoms with E-state index in [-0.39, 0.29) is 12.0 Å². The van der Waals surface area contributed by atoms with Gasteiger partial charge >= 0.3 is 0 Å². The van der Waals surface area contributed by atoms with Gasteiger partial charge in [-0.2, -0.15) is 0 Å². The molecule has 1 unspecified atom stereocenters. The van der Waals surface area contributed by atoms with Gasteiger partial charge in [-0.25, -0.2) is 4.98 Å². The van der Waals surface area contributed by atoms with Crippen molar-refractivity contribution in [1.29, 1.82) is 0 Å². The summed E-state index contributed by atoms with van der Waals surface area (Å²) in [6.07, 6.45) is 2.47. The Balaban J connectivity index is 1.68. The van der Waals surface area contributed by atoms with Crippen LogP contribution in [0.4, 0.5) is 5.13 Å². The standard InChI is InChI=1S/C14H16N2O3S/c1-18-9-4-5-11-12(7-9)20-14(15-11)16-13(17)8-10-3-2-6-19-10/h4-5,7,10H,2-3,6,8H2,1H3,(H,15,16,17). The molecule has 1 aliphatic rings. The van der Waals surface area contributed by atoms with Gasteiger partial charge in [0, 0.05) is 6.61 Å². The third-order valence-electron chi connectivity index (χ3n) is 3.28. The number of anilines is 1. The minimum Gasteiger partial charge on any atom is -0.497 e. The molecule has 1 saturated heterocycles. The van der Waals surface area contributed by atoms with Crippen LogP contribution < -0.4 is 10.1 Å². The summed E-state index contributed by atoms with van der Waals surface area (Å²) in [6, 6.07) is 5.67. The molecule has 1 fully saturated rings. The molecule has 0 aliphatic carbocycles. The average molecular weight is 292 g/mol. The Morgan fingerprint density at radius 3 is 3.25 bits per heavy atom. The molecule has 0 spiro atoms. The van der Waals surface area contributed by atoms with Crippen LogP contribution in [0.1, 0.15) is 19.3 Å². The van der Waals surface area contributed by atoms with Crippen LogP contribution in [0.15, 0.2) is 18.2 Å². The zero-order valence-electron chi connectivity index (χ0n) is 11.2. The molecule has 1 atom stereocenters. The summed E-state index contributed by atoms with van der Waals surface area (Å²) in [6.45, 7) is 0.763. The number of methoxy groups -OCH3 is 1. The number of nitrogens with zero attached hydrogens (tertiary/aromatic N) is 1. The minimum atomic E-state index is -0.0390. The van der Waals surface area contributed by atoms with Gasteiger partial charge in [0.1, 0.15) is 5.75 Å². The van der Waals surface area contributed by atoms with Crippen molar-refractivity contribution in [3.63, 3.8) is 0 Å². The first-order chi connectivity index (χ1) is 9.74. The number of carbonyl (C=O) groups is 1. The molecule has 1 aliphatic heterocycles. The maximum atomic E-state index is 11.9. The molecule has 1 amide bonds. The summed E-state index contributed by atoms with van der Waals surface area (Å²) in [5, 5.41) is 3.46. The molecular weight excluding hydrogens is 276 g/mol. The van der Waals surface area contributed by atoms with Gasteiger partial charge in [0.15, 0.2) is 5.13 Å². The number of amides is 1. The van der Waals surface area contributed by atoms with Gasteiger partial charge in [-0.3, -0.25) is 4.79 Å². The predicted octanol–water partition coefficient (Wildman–Crippen LogP) is 2.81. The van der Waals surface area contributed by atoms with E-state index in [0.717, 1.165) is 35.4 Å². The van der Waals surface area contributed by atoms with Gasteiger partial charge in [0.25, 0.3) is 0 Å². The number of rotatable bonds is 4. The highest BCUT2D eigenvalue weighted by Crippen LogP contribution is 2.29. The Morgan fingerprint density at radius 1 is 1.60 bits per heavy atom. The molecule has 0 bridgehead atoms. The van der Waals surface area contributed by atoms with E-state index in [1.807, 2.05) is 18.2 Å². The molecule has 20 heavy (non-hydrogen) atoms. The summed E-state index contributed by atoms with van der Waals surface area (Å²) < 4.78 is 11.6. The second-order valence-electron chi connectivity index (χ2n) is 4.74. The lowest BCUT2D eigenvalue weighted by atomic mass is 10.2. The largest absolute Gasteiger partial charge is 0.497 e. The van der Waals surface area contributed by atoms with Crippen molar-refractivity contribution in [2.75, 3.05) is 19.0 Å². The summed E-state index contributed by atoms with van der Waals surface area (Å²) in [4.78, 5) is 16.3. The maximum Gasteiger partial charge on any atom is 0.228 e. The molecule has 1 N–H and O–H groups in total. The smallest absolute Gasteiger partial charge is 0.228 e. The van der Waals surface area contributed by atoms with E-state index in [1.54, 1.807) is 7.11 Å². The van der Waals surface area contributed by atoms with Crippen LogP contribution in [0.5, 0.6) is 5.75 Å². The average Bonchev–Trinajstić information content (AvgIpc) is 3.06. The van der Waals surface area contributed by atoms with Crippen molar-refractivity contribution < 1.29 is 14.3 Å². The van der Waals surface area contributed by atoms with E-state index in [0.29, 0.717) is 11.6 Å². The SMILES string of the molecule is COc1ccc2nc(NC(=O)CC3CCCO3)sc2c1. The molecule has 0 saturated carbocycles. The van der Waals surface area contributed by atoms with Gasteiger partial charge in [0.05, 0.1) is 29.9 Å². The zero-order chi connectivity index (χ0) is 13.9. The Labute approximate surface area is 120 Å². The highest BCUT2D eigenvalue weighted by Gasteiger charge is 2.19. The Morgan fingerprint density at radius 2 is 2.50 bits per heavy atom. The number of thiazole rings is 1. The summed E-state index contributed by atoms with van der Waals surface area (Å²) in [5.74, 6) is 0.751. The van der Waals surface area contributed by atoms with E-state index >= 15 is 0 Å². The number of fused-ring (bicyclic) bond motifs is 1. The van der Waals surface area contributed by atoms with Crippen molar-refractivity contribution in [3.8, 4) is 5.75 Å². The first-order valence-electron chi connectivity index (χ1n) is 6.60. The zero-order valence-corrected chi connectivity index (χ0v) is 12.0. The van der Waals surface area contributed by atoms with Crippen LogP contribution in [-0.4, -0.2) is 30.7 Å². The number of carbonyl (C=O) groups excluding carboxylic acids is 1. The van der Waals surface area contributed by atoms with Crippen molar-refractivity contribution in [1.82, 2.24) is 4.98 Å². The van der Waals surface area contributed by atoms with Crippen LogP contribution in [-0.2, 0) is 9.53 Å². The topological polar surface area (TPSA) is 60.5 Å². The van der Waals surface area contributed by atoms with E-state index in [4.69, 9.17) is 9.47 Å². The second-order valence-corrected chi connectivity index (χ2v) is 5.77. The highest BCUT2D eigenvalue weighted by atomic mass is 32.1. The Hall–Kier alpha value is -1.66. The lowest BCUT2D eigenvalue weighted by Crippen LogP contribution is -2.19. The third kappa shape index (κ3) is 2.91. The monoisotopic (exact) mass is 292 g/mol. The molecule has 2 heterocycles. The van der Waals surface area contributed by atoms with Crippen molar-refractivity contribution in [2.24, 2.45) is 0 Å². The van der Waals surface area contributed by atoms with Crippen molar-refractivity contribution >= 4 is 32.6 Å². The Bertz CT molecular complexity index is 620. The Kier molecular flexibility index (Phi) is 3.84. The van der Waals surface area contributed by atoms with Gasteiger partial charge in [-0.05, 0) is 31.0 Å². The summed E-state index contributed by atoms with van der Waals surface area (Å²) >= 11 is 1.45. The molecule has 5 nitrogen and oxygen atoms in total. The van der Waals surface area contributed by atoms with E-state index in [9.17, 15) is 4.79 Å². The maximum absolute atomic E-state index is 11.9. The molecule has 1 aromatic heterocycles. The summed E-state index contributed by atoms with van der Waals surface area (Å²) in [5.41, 5.74) is 0.864. The number of aromatic nitrogens is 1. The molecule has 106 valence electrons. The number of benzene rings is 1. The number of hydrogen-bond acceptors (Lipinski definition) is 5. The van der Waals surface area contributed by atoms with Crippen LogP contribution in [0, 0.1) is 0 Å². The molecular formula is C14H16N2O3S. The van der Waals surface area contributed by atoms with Crippen LogP contribution in [0.25, 0.3) is 10.2 Å². The quantitative estimate of drug-likeness (QED) is 0.941. The molecule has 1 aromatic carbocycles. The lowest BCUT2D eigenvalue weighted by Gasteiger charge is -2.07. The minimum absolute atomic E-state index is 0.0390. The highest BCUT2D eigenvalue weighted by molar-refractivity contribution is 7.22. The van der Waals surface area contributed by atoms with Gasteiger partial charge in [-0.1, -0.05) is 11.3 Å². The normalized spacial score (nSPS) is 18.4. The van der Waals surface area contributed by atoms with Crippen molar-refractivity contribution in [3.05, 3.63) is 18.2 Å². The van der Waals surface area contributed by atoms with E-state index in [2.05, 4.69) is 10.3 Å². The molecule has 6 heteroatoms. The predicted molar refractivity (Wildman–Crippen MR) is 78.4 cm³/mol. The fourth-order valence-corrected chi connectivity index (χ4v) is 3.18. The third-order valence-corrected chi connectivity index (χ3v) is 4.21. The van der Waals surface area contributed by atoms with Gasteiger partial charge < -0.3 is 14.8 Å². The van der Waals surface area contributed by atoms with E-state index in [1.165, 1.54) is 11.3 Å². The van der Waals surface area contributed by atoms with Crippen LogP contribution in [0.2, 0.25) is 0 Å². The van der Waals surface area contributed by atoms with Crippen LogP contribution >= 0.6 is 11.3 Å². The van der Waals surface area contributed by atoms with Crippen molar-refractivity contribution in [2.45, 2.75) is 25.4 Å². The fraction of sp³-hybridized carbons (Fsp3) is 0.429. The number of nitrogens with one attached hydrogen (secondary N) is 1.